The Labute approximate surface area is 91.3 Å². The zero-order chi connectivity index (χ0) is 10.8. The van der Waals surface area contributed by atoms with E-state index in [4.69, 9.17) is 0 Å². The van der Waals surface area contributed by atoms with Crippen LogP contribution in [0.25, 0.3) is 0 Å². The molecule has 1 aliphatic rings. The average Bonchev–Trinajstić information content (AvgIpc) is 2.11. The van der Waals surface area contributed by atoms with E-state index in [1.54, 1.807) is 0 Å². The van der Waals surface area contributed by atoms with Crippen molar-refractivity contribution in [3.63, 3.8) is 0 Å². The largest absolute Gasteiger partial charge is 0.370 e. The van der Waals surface area contributed by atoms with Crippen molar-refractivity contribution in [2.45, 2.75) is 46.0 Å². The van der Waals surface area contributed by atoms with Gasteiger partial charge in [-0.2, -0.15) is 0 Å². The number of hydrogen-bond donors (Lipinski definition) is 1. The maximum Gasteiger partial charge on any atom is 0.134 e. The van der Waals surface area contributed by atoms with Gasteiger partial charge in [-0.25, -0.2) is 9.97 Å². The molecule has 1 N–H and O–H groups in total. The summed E-state index contributed by atoms with van der Waals surface area (Å²) in [6.45, 7) is 7.17. The third kappa shape index (κ3) is 1.96. The fourth-order valence-corrected chi connectivity index (χ4v) is 1.84. The molecule has 0 saturated heterocycles. The fraction of sp³-hybridized carbons (Fsp3) is 0.667. The molecule has 1 heterocycles. The Bertz CT molecular complexity index is 356. The molecule has 0 aromatic carbocycles. The molecule has 3 heteroatoms. The van der Waals surface area contributed by atoms with Crippen molar-refractivity contribution in [1.29, 1.82) is 0 Å². The van der Waals surface area contributed by atoms with Gasteiger partial charge in [0, 0.05) is 23.7 Å². The molecule has 0 amide bonds. The van der Waals surface area contributed by atoms with Crippen LogP contribution in [0.1, 0.15) is 49.2 Å². The molecule has 1 aromatic heterocycles. The lowest BCUT2D eigenvalue weighted by Gasteiger charge is -2.25. The zero-order valence-electron chi connectivity index (χ0n) is 9.80. The van der Waals surface area contributed by atoms with Crippen molar-refractivity contribution in [2.75, 3.05) is 11.9 Å². The molecule has 0 spiro atoms. The molecular weight excluding hydrogens is 186 g/mol. The summed E-state index contributed by atoms with van der Waals surface area (Å²) >= 11 is 0. The highest BCUT2D eigenvalue weighted by Gasteiger charge is 2.23. The van der Waals surface area contributed by atoms with Crippen molar-refractivity contribution in [3.8, 4) is 0 Å². The predicted molar refractivity (Wildman–Crippen MR) is 62.3 cm³/mol. The highest BCUT2D eigenvalue weighted by Crippen LogP contribution is 2.35. The molecule has 0 atom stereocenters. The van der Waals surface area contributed by atoms with Gasteiger partial charge in [0.15, 0.2) is 0 Å². The maximum atomic E-state index is 4.62. The van der Waals surface area contributed by atoms with Gasteiger partial charge in [-0.1, -0.05) is 6.42 Å². The zero-order valence-corrected chi connectivity index (χ0v) is 9.80. The van der Waals surface area contributed by atoms with Gasteiger partial charge in [0.25, 0.3) is 0 Å². The van der Waals surface area contributed by atoms with Gasteiger partial charge in [-0.05, 0) is 33.6 Å². The van der Waals surface area contributed by atoms with Crippen molar-refractivity contribution in [3.05, 3.63) is 17.1 Å². The van der Waals surface area contributed by atoms with E-state index in [-0.39, 0.29) is 0 Å². The van der Waals surface area contributed by atoms with Crippen LogP contribution in [0.4, 0.5) is 5.82 Å². The Morgan fingerprint density at radius 2 is 2.00 bits per heavy atom. The second-order valence-electron chi connectivity index (χ2n) is 4.30. The Morgan fingerprint density at radius 1 is 1.27 bits per heavy atom. The molecule has 1 aliphatic carbocycles. The molecule has 2 rings (SSSR count). The lowest BCUT2D eigenvalue weighted by molar-refractivity contribution is 0.401. The Morgan fingerprint density at radius 3 is 2.53 bits per heavy atom. The van der Waals surface area contributed by atoms with Gasteiger partial charge >= 0.3 is 0 Å². The summed E-state index contributed by atoms with van der Waals surface area (Å²) < 4.78 is 0. The van der Waals surface area contributed by atoms with Crippen LogP contribution in [-0.4, -0.2) is 16.5 Å². The van der Waals surface area contributed by atoms with Crippen molar-refractivity contribution in [1.82, 2.24) is 9.97 Å². The van der Waals surface area contributed by atoms with E-state index in [0.29, 0.717) is 5.92 Å². The predicted octanol–water partition coefficient (Wildman–Crippen LogP) is 2.79. The minimum Gasteiger partial charge on any atom is -0.370 e. The van der Waals surface area contributed by atoms with Gasteiger partial charge in [-0.15, -0.1) is 0 Å². The van der Waals surface area contributed by atoms with E-state index in [2.05, 4.69) is 36.1 Å². The monoisotopic (exact) mass is 205 g/mol. The first-order valence-electron chi connectivity index (χ1n) is 5.81. The van der Waals surface area contributed by atoms with Gasteiger partial charge in [0.05, 0.1) is 0 Å². The molecular formula is C12H19N3. The summed E-state index contributed by atoms with van der Waals surface area (Å²) in [7, 11) is 0. The molecule has 0 unspecified atom stereocenters. The van der Waals surface area contributed by atoms with Crippen molar-refractivity contribution >= 4 is 5.82 Å². The summed E-state index contributed by atoms with van der Waals surface area (Å²) in [6, 6.07) is 0. The van der Waals surface area contributed by atoms with E-state index in [0.717, 1.165) is 23.9 Å². The van der Waals surface area contributed by atoms with Crippen LogP contribution in [0.2, 0.25) is 0 Å². The van der Waals surface area contributed by atoms with Gasteiger partial charge in [0.1, 0.15) is 11.6 Å². The Kier molecular flexibility index (Phi) is 2.89. The summed E-state index contributed by atoms with van der Waals surface area (Å²) in [5.41, 5.74) is 2.29. The van der Waals surface area contributed by atoms with Crippen LogP contribution in [0.5, 0.6) is 0 Å². The molecule has 1 saturated carbocycles. The number of anilines is 1. The van der Waals surface area contributed by atoms with Crippen LogP contribution in [0.15, 0.2) is 0 Å². The molecule has 0 bridgehead atoms. The van der Waals surface area contributed by atoms with Crippen LogP contribution < -0.4 is 5.32 Å². The molecule has 1 fully saturated rings. The standard InChI is InChI=1S/C12H19N3/c1-4-13-11-8(2)9(3)14-12(15-11)10-6-5-7-10/h10H,4-7H2,1-3H3,(H,13,14,15). The highest BCUT2D eigenvalue weighted by molar-refractivity contribution is 5.45. The molecule has 1 aromatic rings. The smallest absolute Gasteiger partial charge is 0.134 e. The van der Waals surface area contributed by atoms with E-state index in [1.807, 2.05) is 0 Å². The van der Waals surface area contributed by atoms with Crippen LogP contribution in [0, 0.1) is 13.8 Å². The summed E-state index contributed by atoms with van der Waals surface area (Å²) in [6.07, 6.45) is 3.85. The van der Waals surface area contributed by atoms with Gasteiger partial charge in [0.2, 0.25) is 0 Å². The van der Waals surface area contributed by atoms with E-state index < -0.39 is 0 Å². The van der Waals surface area contributed by atoms with Gasteiger partial charge in [-0.3, -0.25) is 0 Å². The Balaban J connectivity index is 2.31. The molecule has 15 heavy (non-hydrogen) atoms. The fourth-order valence-electron chi connectivity index (χ4n) is 1.84. The van der Waals surface area contributed by atoms with Crippen LogP contribution >= 0.6 is 0 Å². The maximum absolute atomic E-state index is 4.62. The number of aromatic nitrogens is 2. The molecule has 3 nitrogen and oxygen atoms in total. The van der Waals surface area contributed by atoms with E-state index in [9.17, 15) is 0 Å². The minimum absolute atomic E-state index is 0.613. The van der Waals surface area contributed by atoms with E-state index >= 15 is 0 Å². The Hall–Kier alpha value is -1.12. The molecule has 82 valence electrons. The quantitative estimate of drug-likeness (QED) is 0.824. The van der Waals surface area contributed by atoms with Crippen molar-refractivity contribution in [2.24, 2.45) is 0 Å². The number of aryl methyl sites for hydroxylation is 1. The molecule has 0 radical (unpaired) electrons. The summed E-state index contributed by atoms with van der Waals surface area (Å²) in [4.78, 5) is 9.21. The normalized spacial score (nSPS) is 16.2. The second kappa shape index (κ2) is 4.17. The summed E-state index contributed by atoms with van der Waals surface area (Å²) in [5.74, 6) is 2.67. The average molecular weight is 205 g/mol. The molecule has 0 aliphatic heterocycles. The van der Waals surface area contributed by atoms with E-state index in [1.165, 1.54) is 24.8 Å². The van der Waals surface area contributed by atoms with Crippen LogP contribution in [0.3, 0.4) is 0 Å². The number of nitrogens with zero attached hydrogens (tertiary/aromatic N) is 2. The first-order chi connectivity index (χ1) is 7.22. The lowest BCUT2D eigenvalue weighted by atomic mass is 9.85. The van der Waals surface area contributed by atoms with Gasteiger partial charge < -0.3 is 5.32 Å². The topological polar surface area (TPSA) is 37.8 Å². The van der Waals surface area contributed by atoms with Crippen LogP contribution in [-0.2, 0) is 0 Å². The highest BCUT2D eigenvalue weighted by atomic mass is 15.0. The number of nitrogens with one attached hydrogen (secondary N) is 1. The first-order valence-corrected chi connectivity index (χ1v) is 5.81. The second-order valence-corrected chi connectivity index (χ2v) is 4.30. The summed E-state index contributed by atoms with van der Waals surface area (Å²) in [5, 5.41) is 3.31. The lowest BCUT2D eigenvalue weighted by Crippen LogP contribution is -2.15. The number of hydrogen-bond acceptors (Lipinski definition) is 3. The third-order valence-corrected chi connectivity index (χ3v) is 3.22. The SMILES string of the molecule is CCNc1nc(C2CCC2)nc(C)c1C. The third-order valence-electron chi connectivity index (χ3n) is 3.22. The minimum atomic E-state index is 0.613. The number of rotatable bonds is 3. The first kappa shape index (κ1) is 10.4. The van der Waals surface area contributed by atoms with Crippen molar-refractivity contribution < 1.29 is 0 Å².